The van der Waals surface area contributed by atoms with Crippen molar-refractivity contribution < 1.29 is 19.1 Å². The maximum atomic E-state index is 12.2. The highest BCUT2D eigenvalue weighted by Gasteiger charge is 2.35. The number of carbonyl (C=O) groups is 3. The van der Waals surface area contributed by atoms with Crippen LogP contribution in [-0.2, 0) is 19.1 Å². The number of hydrogen-bond donors (Lipinski definition) is 1. The van der Waals surface area contributed by atoms with Crippen molar-refractivity contribution >= 4 is 46.8 Å². The first kappa shape index (κ1) is 18.3. The SMILES string of the molecule is CCOC(=O)/C=C1\SC(C)C(=O)N1CC(=O)Nc1cccnc1Cl. The van der Waals surface area contributed by atoms with Gasteiger partial charge in [0.25, 0.3) is 0 Å². The molecule has 1 unspecified atom stereocenters. The lowest BCUT2D eigenvalue weighted by Crippen LogP contribution is -2.35. The fourth-order valence-corrected chi connectivity index (χ4v) is 3.19. The summed E-state index contributed by atoms with van der Waals surface area (Å²) < 4.78 is 4.85. The zero-order chi connectivity index (χ0) is 17.7. The number of amides is 2. The Morgan fingerprint density at radius 2 is 2.29 bits per heavy atom. The zero-order valence-electron chi connectivity index (χ0n) is 13.1. The minimum atomic E-state index is -0.553. The molecule has 1 aliphatic heterocycles. The number of hydrogen-bond acceptors (Lipinski definition) is 6. The van der Waals surface area contributed by atoms with Crippen LogP contribution in [0.2, 0.25) is 5.15 Å². The fraction of sp³-hybridized carbons (Fsp3) is 0.333. The number of thioether (sulfide) groups is 1. The fourth-order valence-electron chi connectivity index (χ4n) is 1.99. The molecule has 0 aliphatic carbocycles. The molecule has 1 fully saturated rings. The molecule has 1 aromatic rings. The number of pyridine rings is 1. The van der Waals surface area contributed by atoms with Gasteiger partial charge in [-0.05, 0) is 26.0 Å². The van der Waals surface area contributed by atoms with Crippen LogP contribution in [0.25, 0.3) is 0 Å². The Hall–Kier alpha value is -2.06. The van der Waals surface area contributed by atoms with E-state index in [1.54, 1.807) is 26.0 Å². The second-order valence-electron chi connectivity index (χ2n) is 4.81. The van der Waals surface area contributed by atoms with Crippen molar-refractivity contribution in [2.24, 2.45) is 0 Å². The molecule has 1 saturated heterocycles. The van der Waals surface area contributed by atoms with Crippen molar-refractivity contribution in [3.8, 4) is 0 Å². The summed E-state index contributed by atoms with van der Waals surface area (Å²) in [6.07, 6.45) is 2.72. The number of rotatable bonds is 5. The average Bonchev–Trinajstić information content (AvgIpc) is 2.77. The van der Waals surface area contributed by atoms with Crippen LogP contribution >= 0.6 is 23.4 Å². The number of esters is 1. The Morgan fingerprint density at radius 1 is 1.54 bits per heavy atom. The zero-order valence-corrected chi connectivity index (χ0v) is 14.7. The Kier molecular flexibility index (Phi) is 6.22. The molecule has 24 heavy (non-hydrogen) atoms. The van der Waals surface area contributed by atoms with Crippen LogP contribution in [0.1, 0.15) is 13.8 Å². The number of aromatic nitrogens is 1. The van der Waals surface area contributed by atoms with Crippen LogP contribution in [0, 0.1) is 0 Å². The summed E-state index contributed by atoms with van der Waals surface area (Å²) in [5.74, 6) is -1.24. The molecular weight excluding hydrogens is 354 g/mol. The van der Waals surface area contributed by atoms with Crippen LogP contribution in [0.5, 0.6) is 0 Å². The molecule has 1 aromatic heterocycles. The normalized spacial score (nSPS) is 18.8. The Morgan fingerprint density at radius 3 is 2.96 bits per heavy atom. The van der Waals surface area contributed by atoms with E-state index in [1.807, 2.05) is 0 Å². The van der Waals surface area contributed by atoms with Crippen LogP contribution < -0.4 is 5.32 Å². The summed E-state index contributed by atoms with van der Waals surface area (Å²) in [4.78, 5) is 41.1. The molecule has 2 amide bonds. The number of anilines is 1. The van der Waals surface area contributed by atoms with E-state index in [0.29, 0.717) is 10.7 Å². The van der Waals surface area contributed by atoms with Gasteiger partial charge in [-0.3, -0.25) is 14.5 Å². The number of nitrogens with one attached hydrogen (secondary N) is 1. The summed E-state index contributed by atoms with van der Waals surface area (Å²) >= 11 is 7.09. The number of ether oxygens (including phenoxy) is 1. The van der Waals surface area contributed by atoms with E-state index in [1.165, 1.54) is 28.9 Å². The standard InChI is InChI=1S/C15H16ClN3O4S/c1-3-23-13(21)7-12-19(15(22)9(2)24-12)8-11(20)18-10-5-4-6-17-14(10)16/h4-7,9H,3,8H2,1-2H3,(H,18,20)/b12-7-. The highest BCUT2D eigenvalue weighted by Crippen LogP contribution is 2.34. The van der Waals surface area contributed by atoms with Crippen molar-refractivity contribution in [1.82, 2.24) is 9.88 Å². The number of carbonyl (C=O) groups excluding carboxylic acids is 3. The first-order valence-corrected chi connectivity index (χ1v) is 8.45. The van der Waals surface area contributed by atoms with E-state index in [0.717, 1.165) is 0 Å². The molecule has 1 N–H and O–H groups in total. The third-order valence-electron chi connectivity index (χ3n) is 3.04. The second kappa shape index (κ2) is 8.16. The summed E-state index contributed by atoms with van der Waals surface area (Å²) in [5, 5.41) is 2.76. The van der Waals surface area contributed by atoms with Crippen molar-refractivity contribution in [2.75, 3.05) is 18.5 Å². The van der Waals surface area contributed by atoms with Gasteiger partial charge in [0.1, 0.15) is 6.54 Å². The molecule has 0 spiro atoms. The summed E-state index contributed by atoms with van der Waals surface area (Å²) in [6.45, 7) is 3.40. The van der Waals surface area contributed by atoms with E-state index in [2.05, 4.69) is 10.3 Å². The van der Waals surface area contributed by atoms with Gasteiger partial charge >= 0.3 is 5.97 Å². The first-order valence-electron chi connectivity index (χ1n) is 7.19. The lowest BCUT2D eigenvalue weighted by atomic mass is 10.3. The molecule has 1 aliphatic rings. The molecule has 0 radical (unpaired) electrons. The Labute approximate surface area is 148 Å². The monoisotopic (exact) mass is 369 g/mol. The van der Waals surface area contributed by atoms with Gasteiger partial charge < -0.3 is 10.1 Å². The molecular formula is C15H16ClN3O4S. The van der Waals surface area contributed by atoms with E-state index >= 15 is 0 Å². The van der Waals surface area contributed by atoms with Gasteiger partial charge in [0, 0.05) is 6.20 Å². The first-order chi connectivity index (χ1) is 11.4. The summed E-state index contributed by atoms with van der Waals surface area (Å²) in [7, 11) is 0. The Bertz CT molecular complexity index is 695. The molecule has 0 aromatic carbocycles. The van der Waals surface area contributed by atoms with Crippen molar-refractivity contribution in [2.45, 2.75) is 19.1 Å². The molecule has 9 heteroatoms. The molecule has 128 valence electrons. The average molecular weight is 370 g/mol. The maximum Gasteiger partial charge on any atom is 0.333 e. The highest BCUT2D eigenvalue weighted by molar-refractivity contribution is 8.04. The number of nitrogens with zero attached hydrogens (tertiary/aromatic N) is 2. The quantitative estimate of drug-likeness (QED) is 0.485. The molecule has 2 heterocycles. The Balaban J connectivity index is 2.10. The predicted molar refractivity (Wildman–Crippen MR) is 91.4 cm³/mol. The van der Waals surface area contributed by atoms with Gasteiger partial charge in [-0.2, -0.15) is 0 Å². The van der Waals surface area contributed by atoms with E-state index in [-0.39, 0.29) is 29.5 Å². The van der Waals surface area contributed by atoms with Gasteiger partial charge in [-0.25, -0.2) is 9.78 Å². The van der Waals surface area contributed by atoms with E-state index < -0.39 is 11.9 Å². The molecule has 0 bridgehead atoms. The number of halogens is 1. The molecule has 7 nitrogen and oxygen atoms in total. The van der Waals surface area contributed by atoms with Crippen LogP contribution in [-0.4, -0.2) is 46.1 Å². The van der Waals surface area contributed by atoms with Gasteiger partial charge in [0.15, 0.2) is 5.15 Å². The summed E-state index contributed by atoms with van der Waals surface area (Å²) in [6, 6.07) is 3.23. The second-order valence-corrected chi connectivity index (χ2v) is 6.53. The lowest BCUT2D eigenvalue weighted by Gasteiger charge is -2.17. The maximum absolute atomic E-state index is 12.2. The van der Waals surface area contributed by atoms with Crippen LogP contribution in [0.4, 0.5) is 5.69 Å². The van der Waals surface area contributed by atoms with Gasteiger partial charge in [0.05, 0.1) is 28.6 Å². The van der Waals surface area contributed by atoms with E-state index in [4.69, 9.17) is 16.3 Å². The molecule has 2 rings (SSSR count). The largest absolute Gasteiger partial charge is 0.463 e. The minimum Gasteiger partial charge on any atom is -0.463 e. The predicted octanol–water partition coefficient (Wildman–Crippen LogP) is 2.04. The van der Waals surface area contributed by atoms with Crippen molar-refractivity contribution in [3.63, 3.8) is 0 Å². The van der Waals surface area contributed by atoms with Gasteiger partial charge in [0.2, 0.25) is 11.8 Å². The summed E-state index contributed by atoms with van der Waals surface area (Å²) in [5.41, 5.74) is 0.354. The van der Waals surface area contributed by atoms with Gasteiger partial charge in [-0.1, -0.05) is 23.4 Å². The van der Waals surface area contributed by atoms with Crippen LogP contribution in [0.3, 0.4) is 0 Å². The smallest absolute Gasteiger partial charge is 0.333 e. The lowest BCUT2D eigenvalue weighted by molar-refractivity contribution is -0.137. The topological polar surface area (TPSA) is 88.6 Å². The third kappa shape index (κ3) is 4.48. The van der Waals surface area contributed by atoms with Crippen LogP contribution in [0.15, 0.2) is 29.4 Å². The van der Waals surface area contributed by atoms with E-state index in [9.17, 15) is 14.4 Å². The van der Waals surface area contributed by atoms with Crippen molar-refractivity contribution in [3.05, 3.63) is 34.6 Å². The van der Waals surface area contributed by atoms with Gasteiger partial charge in [-0.15, -0.1) is 0 Å². The highest BCUT2D eigenvalue weighted by atomic mass is 35.5. The van der Waals surface area contributed by atoms with Crippen molar-refractivity contribution in [1.29, 1.82) is 0 Å². The molecule has 0 saturated carbocycles. The molecule has 1 atom stereocenters. The minimum absolute atomic E-state index is 0.156. The third-order valence-corrected chi connectivity index (χ3v) is 4.48.